The molecule has 1 aromatic heterocycles. The molecule has 0 aliphatic heterocycles. The molecule has 4 unspecified atom stereocenters. The number of nitrogens with zero attached hydrogens (tertiary/aromatic N) is 2. The number of carbonyl (C=O) groups is 3. The number of primary amides is 1. The van der Waals surface area contributed by atoms with E-state index < -0.39 is 42.3 Å². The highest BCUT2D eigenvalue weighted by Crippen LogP contribution is 2.23. The van der Waals surface area contributed by atoms with Crippen LogP contribution in [0.4, 0.5) is 9.59 Å². The van der Waals surface area contributed by atoms with Crippen molar-refractivity contribution in [3.63, 3.8) is 0 Å². The van der Waals surface area contributed by atoms with Crippen molar-refractivity contribution >= 4 is 29.4 Å². The van der Waals surface area contributed by atoms with Crippen LogP contribution < -0.4 is 16.4 Å². The van der Waals surface area contributed by atoms with Crippen LogP contribution in [0.25, 0.3) is 0 Å². The van der Waals surface area contributed by atoms with Gasteiger partial charge in [-0.15, -0.1) is 11.3 Å². The first-order valence-electron chi connectivity index (χ1n) is 13.6. The van der Waals surface area contributed by atoms with E-state index in [1.54, 1.807) is 11.7 Å². The van der Waals surface area contributed by atoms with E-state index in [1.807, 2.05) is 74.5 Å². The van der Waals surface area contributed by atoms with Gasteiger partial charge in [0.25, 0.3) is 0 Å². The van der Waals surface area contributed by atoms with E-state index >= 15 is 0 Å². The van der Waals surface area contributed by atoms with E-state index in [4.69, 9.17) is 10.5 Å². The number of amides is 4. The van der Waals surface area contributed by atoms with Gasteiger partial charge in [0.2, 0.25) is 5.91 Å². The SMILES string of the molecule is CNC(=O)N(C(Cc1ccccc1)CC(O)C(Cc1ccccc1)NC(=O)OCc1cncs1)C(C(N)=O)C(C)C. The Bertz CT molecular complexity index is 1230. The van der Waals surface area contributed by atoms with Crippen molar-refractivity contribution in [3.05, 3.63) is 88.4 Å². The summed E-state index contributed by atoms with van der Waals surface area (Å²) in [5.74, 6) is -0.915. The Labute approximate surface area is 244 Å². The first-order valence-corrected chi connectivity index (χ1v) is 14.4. The summed E-state index contributed by atoms with van der Waals surface area (Å²) in [7, 11) is 1.49. The van der Waals surface area contributed by atoms with Crippen LogP contribution in [0, 0.1) is 5.92 Å². The summed E-state index contributed by atoms with van der Waals surface area (Å²) in [6, 6.07) is 16.2. The Morgan fingerprint density at radius 3 is 2.15 bits per heavy atom. The number of rotatable bonds is 14. The van der Waals surface area contributed by atoms with Gasteiger partial charge in [-0.25, -0.2) is 9.59 Å². The van der Waals surface area contributed by atoms with Gasteiger partial charge >= 0.3 is 12.1 Å². The van der Waals surface area contributed by atoms with Gasteiger partial charge in [0.05, 0.1) is 22.5 Å². The number of nitrogens with one attached hydrogen (secondary N) is 2. The van der Waals surface area contributed by atoms with Crippen LogP contribution in [0.2, 0.25) is 0 Å². The highest BCUT2D eigenvalue weighted by Gasteiger charge is 2.38. The van der Waals surface area contributed by atoms with Crippen molar-refractivity contribution in [3.8, 4) is 0 Å². The average molecular weight is 582 g/mol. The number of aliphatic hydroxyl groups is 1. The minimum atomic E-state index is -1.10. The number of alkyl carbamates (subject to hydrolysis) is 1. The third kappa shape index (κ3) is 9.58. The van der Waals surface area contributed by atoms with Gasteiger partial charge < -0.3 is 31.1 Å². The van der Waals surface area contributed by atoms with Gasteiger partial charge in [-0.1, -0.05) is 74.5 Å². The molecule has 0 bridgehead atoms. The zero-order chi connectivity index (χ0) is 29.8. The number of urea groups is 1. The minimum Gasteiger partial charge on any atom is -0.444 e. The topological polar surface area (TPSA) is 147 Å². The molecule has 41 heavy (non-hydrogen) atoms. The fraction of sp³-hybridized carbons (Fsp3) is 0.400. The number of ether oxygens (including phenoxy) is 1. The summed E-state index contributed by atoms with van der Waals surface area (Å²) in [5, 5.41) is 17.1. The monoisotopic (exact) mass is 581 g/mol. The molecule has 10 nitrogen and oxygen atoms in total. The molecule has 3 aromatic rings. The van der Waals surface area contributed by atoms with Crippen LogP contribution in [0.3, 0.4) is 0 Å². The molecular weight excluding hydrogens is 542 g/mol. The van der Waals surface area contributed by atoms with Crippen LogP contribution in [0.15, 0.2) is 72.4 Å². The van der Waals surface area contributed by atoms with Crippen molar-refractivity contribution in [1.82, 2.24) is 20.5 Å². The van der Waals surface area contributed by atoms with Crippen LogP contribution in [0.1, 0.15) is 36.3 Å². The Balaban J connectivity index is 1.91. The van der Waals surface area contributed by atoms with E-state index in [-0.39, 0.29) is 18.9 Å². The van der Waals surface area contributed by atoms with E-state index in [1.165, 1.54) is 23.3 Å². The van der Waals surface area contributed by atoms with Gasteiger partial charge in [-0.05, 0) is 36.3 Å². The molecule has 11 heteroatoms. The molecule has 0 aliphatic rings. The lowest BCUT2D eigenvalue weighted by Crippen LogP contribution is -2.59. The summed E-state index contributed by atoms with van der Waals surface area (Å²) >= 11 is 1.37. The molecule has 3 rings (SSSR count). The highest BCUT2D eigenvalue weighted by atomic mass is 32.1. The summed E-state index contributed by atoms with van der Waals surface area (Å²) in [6.45, 7) is 3.70. The molecule has 0 fully saturated rings. The maximum absolute atomic E-state index is 13.2. The average Bonchev–Trinajstić information content (AvgIpc) is 3.48. The minimum absolute atomic E-state index is 0.0560. The third-order valence-corrected chi connectivity index (χ3v) is 7.54. The molecule has 0 aliphatic carbocycles. The molecule has 0 saturated heterocycles. The van der Waals surface area contributed by atoms with E-state index in [9.17, 15) is 19.5 Å². The van der Waals surface area contributed by atoms with Crippen LogP contribution in [-0.2, 0) is 29.0 Å². The van der Waals surface area contributed by atoms with Crippen molar-refractivity contribution < 1.29 is 24.2 Å². The van der Waals surface area contributed by atoms with E-state index in [0.717, 1.165) is 16.0 Å². The van der Waals surface area contributed by atoms with E-state index in [0.29, 0.717) is 12.8 Å². The van der Waals surface area contributed by atoms with Crippen molar-refractivity contribution in [2.24, 2.45) is 11.7 Å². The molecule has 0 saturated carbocycles. The number of thiazole rings is 1. The molecule has 2 aromatic carbocycles. The van der Waals surface area contributed by atoms with E-state index in [2.05, 4.69) is 15.6 Å². The first kappa shape index (κ1) is 31.6. The number of benzene rings is 2. The predicted molar refractivity (Wildman–Crippen MR) is 158 cm³/mol. The standard InChI is InChI=1S/C30H39N5O5S/c1-20(2)27(28(31)37)35(29(38)32-3)23(14-21-10-6-4-7-11-21)16-26(36)25(15-22-12-8-5-9-13-22)34-30(39)40-18-24-17-33-19-41-24/h4-13,17,19-20,23,25-27,36H,14-16,18H2,1-3H3,(H2,31,37)(H,32,38)(H,34,39). The smallest absolute Gasteiger partial charge is 0.407 e. The lowest BCUT2D eigenvalue weighted by atomic mass is 9.90. The Hall–Kier alpha value is -3.96. The zero-order valence-corrected chi connectivity index (χ0v) is 24.4. The second-order valence-corrected chi connectivity index (χ2v) is 11.2. The lowest BCUT2D eigenvalue weighted by Gasteiger charge is -2.40. The van der Waals surface area contributed by atoms with Gasteiger partial charge in [0, 0.05) is 19.3 Å². The summed E-state index contributed by atoms with van der Waals surface area (Å²) in [6.07, 6.45) is 0.575. The quantitative estimate of drug-likeness (QED) is 0.229. The highest BCUT2D eigenvalue weighted by molar-refractivity contribution is 7.09. The van der Waals surface area contributed by atoms with Crippen LogP contribution in [0.5, 0.6) is 0 Å². The Morgan fingerprint density at radius 1 is 1.02 bits per heavy atom. The molecule has 0 radical (unpaired) electrons. The summed E-state index contributed by atoms with van der Waals surface area (Å²) < 4.78 is 5.38. The van der Waals surface area contributed by atoms with Crippen molar-refractivity contribution in [1.29, 1.82) is 0 Å². The molecule has 1 heterocycles. The molecule has 220 valence electrons. The van der Waals surface area contributed by atoms with Crippen LogP contribution in [-0.4, -0.2) is 64.3 Å². The predicted octanol–water partition coefficient (Wildman–Crippen LogP) is 3.49. The zero-order valence-electron chi connectivity index (χ0n) is 23.6. The maximum atomic E-state index is 13.2. The number of aliphatic hydroxyl groups excluding tert-OH is 1. The lowest BCUT2D eigenvalue weighted by molar-refractivity contribution is -0.124. The fourth-order valence-corrected chi connectivity index (χ4v) is 5.36. The molecular formula is C30H39N5O5S. The molecule has 4 amide bonds. The number of hydrogen-bond acceptors (Lipinski definition) is 7. The summed E-state index contributed by atoms with van der Waals surface area (Å²) in [4.78, 5) is 44.8. The van der Waals surface area contributed by atoms with Gasteiger partial charge in [0.15, 0.2) is 0 Å². The Kier molecular flexibility index (Phi) is 12.1. The second kappa shape index (κ2) is 15.7. The number of carbonyl (C=O) groups excluding carboxylic acids is 3. The maximum Gasteiger partial charge on any atom is 0.407 e. The van der Waals surface area contributed by atoms with Gasteiger partial charge in [-0.3, -0.25) is 9.78 Å². The Morgan fingerprint density at radius 2 is 1.63 bits per heavy atom. The fourth-order valence-electron chi connectivity index (χ4n) is 4.85. The molecule has 4 atom stereocenters. The van der Waals surface area contributed by atoms with Crippen molar-refractivity contribution in [2.45, 2.75) is 63.9 Å². The van der Waals surface area contributed by atoms with Gasteiger partial charge in [-0.2, -0.15) is 0 Å². The molecule has 0 spiro atoms. The molecule has 5 N–H and O–H groups in total. The number of aromatic nitrogens is 1. The van der Waals surface area contributed by atoms with Crippen LogP contribution >= 0.6 is 11.3 Å². The number of hydrogen-bond donors (Lipinski definition) is 4. The van der Waals surface area contributed by atoms with Gasteiger partial charge in [0.1, 0.15) is 12.6 Å². The second-order valence-electron chi connectivity index (χ2n) is 10.2. The number of nitrogens with two attached hydrogens (primary N) is 1. The summed E-state index contributed by atoms with van der Waals surface area (Å²) in [5.41, 5.74) is 9.27. The normalized spacial score (nSPS) is 14.0. The first-order chi connectivity index (χ1) is 19.7. The van der Waals surface area contributed by atoms with Crippen molar-refractivity contribution in [2.75, 3.05) is 7.05 Å². The third-order valence-electron chi connectivity index (χ3n) is 6.79. The largest absolute Gasteiger partial charge is 0.444 e.